The second-order valence-corrected chi connectivity index (χ2v) is 4.68. The van der Waals surface area contributed by atoms with Crippen LogP contribution in [-0.2, 0) is 11.2 Å². The van der Waals surface area contributed by atoms with Gasteiger partial charge in [0.25, 0.3) is 0 Å². The predicted molar refractivity (Wildman–Crippen MR) is 77.3 cm³/mol. The second kappa shape index (κ2) is 8.46. The number of hydrogen-bond donors (Lipinski definition) is 1. The van der Waals surface area contributed by atoms with E-state index in [1.54, 1.807) is 0 Å². The lowest BCUT2D eigenvalue weighted by Crippen LogP contribution is -2.24. The fourth-order valence-corrected chi connectivity index (χ4v) is 1.79. The number of amides is 1. The van der Waals surface area contributed by atoms with Gasteiger partial charge in [-0.1, -0.05) is 44.5 Å². The topological polar surface area (TPSA) is 46.2 Å². The van der Waals surface area contributed by atoms with E-state index in [0.29, 0.717) is 12.1 Å². The van der Waals surface area contributed by atoms with Crippen molar-refractivity contribution >= 4 is 11.7 Å². The molecule has 1 rings (SSSR count). The maximum atomic E-state index is 11.9. The maximum Gasteiger partial charge on any atom is 0.220 e. The molecule has 0 aliphatic heterocycles. The first-order valence-electron chi connectivity index (χ1n) is 7.06. The molecule has 0 aliphatic carbocycles. The van der Waals surface area contributed by atoms with Gasteiger partial charge in [0.2, 0.25) is 5.91 Å². The molecule has 0 atom stereocenters. The van der Waals surface area contributed by atoms with Crippen LogP contribution in [0.25, 0.3) is 0 Å². The molecule has 0 fully saturated rings. The van der Waals surface area contributed by atoms with Gasteiger partial charge >= 0.3 is 0 Å². The van der Waals surface area contributed by atoms with Gasteiger partial charge in [0, 0.05) is 24.9 Å². The average molecular weight is 261 g/mol. The molecule has 0 saturated heterocycles. The molecule has 0 spiro atoms. The van der Waals surface area contributed by atoms with Crippen LogP contribution in [0, 0.1) is 0 Å². The Morgan fingerprint density at radius 2 is 1.74 bits per heavy atom. The summed E-state index contributed by atoms with van der Waals surface area (Å²) in [5, 5.41) is 2.82. The van der Waals surface area contributed by atoms with E-state index in [1.165, 1.54) is 5.56 Å². The number of ketones is 1. The molecule has 1 amide bonds. The van der Waals surface area contributed by atoms with Crippen molar-refractivity contribution in [3.63, 3.8) is 0 Å². The molecular formula is C16H23NO2. The van der Waals surface area contributed by atoms with Crippen LogP contribution in [0.1, 0.15) is 55.5 Å². The maximum absolute atomic E-state index is 11.9. The summed E-state index contributed by atoms with van der Waals surface area (Å²) in [5.74, 6) is 0.000253. The van der Waals surface area contributed by atoms with Crippen molar-refractivity contribution in [2.24, 2.45) is 0 Å². The third-order valence-corrected chi connectivity index (χ3v) is 3.12. The average Bonchev–Trinajstić information content (AvgIpc) is 2.45. The number of unbranched alkanes of at least 4 members (excludes halogenated alkanes) is 1. The number of hydrogen-bond acceptors (Lipinski definition) is 2. The zero-order valence-electron chi connectivity index (χ0n) is 11.9. The quantitative estimate of drug-likeness (QED) is 0.577. The number of nitrogens with one attached hydrogen (secondary N) is 1. The Balaban J connectivity index is 2.35. The lowest BCUT2D eigenvalue weighted by Gasteiger charge is -2.04. The first-order valence-corrected chi connectivity index (χ1v) is 7.06. The number of carbonyl (C=O) groups is 2. The molecule has 0 bridgehead atoms. The highest BCUT2D eigenvalue weighted by molar-refractivity contribution is 5.97. The van der Waals surface area contributed by atoms with Crippen LogP contribution in [0.4, 0.5) is 0 Å². The fraction of sp³-hybridized carbons (Fsp3) is 0.500. The number of carbonyl (C=O) groups excluding carboxylic acids is 2. The third-order valence-electron chi connectivity index (χ3n) is 3.12. The van der Waals surface area contributed by atoms with Crippen LogP contribution in [0.5, 0.6) is 0 Å². The van der Waals surface area contributed by atoms with Gasteiger partial charge < -0.3 is 5.32 Å². The molecule has 1 N–H and O–H groups in total. The molecule has 0 saturated carbocycles. The molecule has 1 aromatic rings. The lowest BCUT2D eigenvalue weighted by molar-refractivity contribution is -0.121. The van der Waals surface area contributed by atoms with Gasteiger partial charge in [-0.25, -0.2) is 0 Å². The molecule has 0 aliphatic rings. The minimum atomic E-state index is -0.0352. The molecule has 0 aromatic heterocycles. The molecule has 0 heterocycles. The summed E-state index contributed by atoms with van der Waals surface area (Å²) >= 11 is 0. The Hall–Kier alpha value is -1.64. The van der Waals surface area contributed by atoms with Crippen molar-refractivity contribution in [2.75, 3.05) is 6.54 Å². The largest absolute Gasteiger partial charge is 0.356 e. The van der Waals surface area contributed by atoms with E-state index >= 15 is 0 Å². The first-order chi connectivity index (χ1) is 9.17. The monoisotopic (exact) mass is 261 g/mol. The van der Waals surface area contributed by atoms with Crippen LogP contribution in [0.3, 0.4) is 0 Å². The minimum absolute atomic E-state index is 0.0352. The molecule has 3 nitrogen and oxygen atoms in total. The Labute approximate surface area is 115 Å². The van der Waals surface area contributed by atoms with Gasteiger partial charge in [-0.3, -0.25) is 9.59 Å². The van der Waals surface area contributed by atoms with Crippen LogP contribution < -0.4 is 5.32 Å². The lowest BCUT2D eigenvalue weighted by atomic mass is 10.0. The number of rotatable bonds is 8. The summed E-state index contributed by atoms with van der Waals surface area (Å²) in [7, 11) is 0. The van der Waals surface area contributed by atoms with E-state index in [-0.39, 0.29) is 24.5 Å². The Morgan fingerprint density at radius 1 is 1.05 bits per heavy atom. The van der Waals surface area contributed by atoms with E-state index in [2.05, 4.69) is 19.2 Å². The van der Waals surface area contributed by atoms with Gasteiger partial charge in [0.15, 0.2) is 5.78 Å². The highest BCUT2D eigenvalue weighted by atomic mass is 16.2. The van der Waals surface area contributed by atoms with Crippen molar-refractivity contribution < 1.29 is 9.59 Å². The van der Waals surface area contributed by atoms with Crippen molar-refractivity contribution in [1.29, 1.82) is 0 Å². The van der Waals surface area contributed by atoms with Crippen molar-refractivity contribution in [1.82, 2.24) is 5.32 Å². The summed E-state index contributed by atoms with van der Waals surface area (Å²) in [4.78, 5) is 23.4. The number of benzene rings is 1. The van der Waals surface area contributed by atoms with Gasteiger partial charge in [0.1, 0.15) is 0 Å². The SMILES string of the molecule is CCCCNC(=O)CCC(=O)c1ccc(CC)cc1. The Morgan fingerprint density at radius 3 is 2.32 bits per heavy atom. The van der Waals surface area contributed by atoms with E-state index in [9.17, 15) is 9.59 Å². The normalized spacial score (nSPS) is 10.2. The zero-order valence-corrected chi connectivity index (χ0v) is 11.9. The summed E-state index contributed by atoms with van der Waals surface area (Å²) < 4.78 is 0. The van der Waals surface area contributed by atoms with E-state index in [1.807, 2.05) is 24.3 Å². The summed E-state index contributed by atoms with van der Waals surface area (Å²) in [6.45, 7) is 4.86. The van der Waals surface area contributed by atoms with Crippen molar-refractivity contribution in [3.8, 4) is 0 Å². The van der Waals surface area contributed by atoms with Gasteiger partial charge in [-0.15, -0.1) is 0 Å². The van der Waals surface area contributed by atoms with E-state index in [0.717, 1.165) is 19.3 Å². The van der Waals surface area contributed by atoms with E-state index in [4.69, 9.17) is 0 Å². The Kier molecular flexibility index (Phi) is 6.86. The summed E-state index contributed by atoms with van der Waals surface area (Å²) in [5.41, 5.74) is 1.91. The standard InChI is InChI=1S/C16H23NO2/c1-3-5-12-17-16(19)11-10-15(18)14-8-6-13(4-2)7-9-14/h6-9H,3-5,10-12H2,1-2H3,(H,17,19). The van der Waals surface area contributed by atoms with Crippen LogP contribution in [0.15, 0.2) is 24.3 Å². The molecule has 0 radical (unpaired) electrons. The van der Waals surface area contributed by atoms with Crippen molar-refractivity contribution in [2.45, 2.75) is 46.0 Å². The molecule has 19 heavy (non-hydrogen) atoms. The zero-order chi connectivity index (χ0) is 14.1. The van der Waals surface area contributed by atoms with Crippen LogP contribution >= 0.6 is 0 Å². The molecular weight excluding hydrogens is 238 g/mol. The Bertz CT molecular complexity index is 409. The fourth-order valence-electron chi connectivity index (χ4n) is 1.79. The van der Waals surface area contributed by atoms with Crippen LogP contribution in [0.2, 0.25) is 0 Å². The molecule has 104 valence electrons. The minimum Gasteiger partial charge on any atom is -0.356 e. The van der Waals surface area contributed by atoms with E-state index < -0.39 is 0 Å². The third kappa shape index (κ3) is 5.69. The van der Waals surface area contributed by atoms with Gasteiger partial charge in [-0.2, -0.15) is 0 Å². The molecule has 0 unspecified atom stereocenters. The summed E-state index contributed by atoms with van der Waals surface area (Å²) in [6.07, 6.45) is 3.57. The van der Waals surface area contributed by atoms with Crippen molar-refractivity contribution in [3.05, 3.63) is 35.4 Å². The van der Waals surface area contributed by atoms with Gasteiger partial charge in [-0.05, 0) is 18.4 Å². The second-order valence-electron chi connectivity index (χ2n) is 4.68. The smallest absolute Gasteiger partial charge is 0.220 e. The predicted octanol–water partition coefficient (Wildman–Crippen LogP) is 3.13. The molecule has 1 aromatic carbocycles. The first kappa shape index (κ1) is 15.4. The van der Waals surface area contributed by atoms with Gasteiger partial charge in [0.05, 0.1) is 0 Å². The van der Waals surface area contributed by atoms with Crippen LogP contribution in [-0.4, -0.2) is 18.2 Å². The number of Topliss-reactive ketones (excluding diaryl/α,β-unsaturated/α-hetero) is 1. The number of aryl methyl sites for hydroxylation is 1. The summed E-state index contributed by atoms with van der Waals surface area (Å²) in [6, 6.07) is 7.62. The highest BCUT2D eigenvalue weighted by Gasteiger charge is 2.08. The highest BCUT2D eigenvalue weighted by Crippen LogP contribution is 2.08. The molecule has 3 heteroatoms.